The zero-order chi connectivity index (χ0) is 10.7. The largest absolute Gasteiger partial charge is 0.326 e. The standard InChI is InChI=1S/C12H26N2/c1-9(2)12(13)8-14-6-5-10(3)11(4)7-14/h9-12H,5-8,13H2,1-4H3/t10-,11-,12+/m0/s1. The van der Waals surface area contributed by atoms with E-state index in [-0.39, 0.29) is 0 Å². The summed E-state index contributed by atoms with van der Waals surface area (Å²) in [5.74, 6) is 2.33. The van der Waals surface area contributed by atoms with Crippen LogP contribution in [0.25, 0.3) is 0 Å². The fourth-order valence-electron chi connectivity index (χ4n) is 2.02. The van der Waals surface area contributed by atoms with Gasteiger partial charge >= 0.3 is 0 Å². The molecule has 0 aromatic rings. The number of hydrogen-bond donors (Lipinski definition) is 1. The molecular formula is C12H26N2. The van der Waals surface area contributed by atoms with E-state index in [1.807, 2.05) is 0 Å². The van der Waals surface area contributed by atoms with Crippen molar-refractivity contribution in [3.05, 3.63) is 0 Å². The predicted molar refractivity (Wildman–Crippen MR) is 62.2 cm³/mol. The number of piperidine rings is 1. The summed E-state index contributed by atoms with van der Waals surface area (Å²) in [6, 6.07) is 0.343. The van der Waals surface area contributed by atoms with Crippen LogP contribution in [0.3, 0.4) is 0 Å². The first-order valence-corrected chi connectivity index (χ1v) is 5.98. The molecule has 0 aromatic carbocycles. The maximum Gasteiger partial charge on any atom is 0.0191 e. The summed E-state index contributed by atoms with van der Waals surface area (Å²) in [6.45, 7) is 12.7. The van der Waals surface area contributed by atoms with Crippen LogP contribution in [0.15, 0.2) is 0 Å². The molecule has 0 amide bonds. The number of nitrogens with zero attached hydrogens (tertiary/aromatic N) is 1. The van der Waals surface area contributed by atoms with Crippen LogP contribution >= 0.6 is 0 Å². The summed E-state index contributed by atoms with van der Waals surface area (Å²) < 4.78 is 0. The fraction of sp³-hybridized carbons (Fsp3) is 1.00. The molecule has 0 aliphatic carbocycles. The highest BCUT2D eigenvalue weighted by Gasteiger charge is 2.24. The Morgan fingerprint density at radius 2 is 1.93 bits per heavy atom. The summed E-state index contributed by atoms with van der Waals surface area (Å²) in [6.07, 6.45) is 1.34. The first-order chi connectivity index (χ1) is 6.50. The molecule has 84 valence electrons. The molecule has 3 atom stereocenters. The van der Waals surface area contributed by atoms with E-state index in [1.165, 1.54) is 19.5 Å². The van der Waals surface area contributed by atoms with Crippen molar-refractivity contribution in [1.29, 1.82) is 0 Å². The Kier molecular flexibility index (Phi) is 4.39. The summed E-state index contributed by atoms with van der Waals surface area (Å²) in [7, 11) is 0. The van der Waals surface area contributed by atoms with Gasteiger partial charge in [-0.05, 0) is 30.7 Å². The van der Waals surface area contributed by atoms with Crippen LogP contribution in [0.5, 0.6) is 0 Å². The summed E-state index contributed by atoms with van der Waals surface area (Å²) in [4.78, 5) is 2.54. The van der Waals surface area contributed by atoms with Gasteiger partial charge in [-0.1, -0.05) is 27.7 Å². The molecule has 0 spiro atoms. The first-order valence-electron chi connectivity index (χ1n) is 5.98. The lowest BCUT2D eigenvalue weighted by Gasteiger charge is -2.37. The van der Waals surface area contributed by atoms with Gasteiger partial charge in [0.2, 0.25) is 0 Å². The summed E-state index contributed by atoms with van der Waals surface area (Å²) in [5.41, 5.74) is 6.09. The van der Waals surface area contributed by atoms with E-state index in [4.69, 9.17) is 5.73 Å². The van der Waals surface area contributed by atoms with Crippen molar-refractivity contribution in [1.82, 2.24) is 4.90 Å². The average molecular weight is 198 g/mol. The van der Waals surface area contributed by atoms with Gasteiger partial charge in [-0.15, -0.1) is 0 Å². The summed E-state index contributed by atoms with van der Waals surface area (Å²) in [5, 5.41) is 0. The Balaban J connectivity index is 2.33. The Morgan fingerprint density at radius 3 is 2.43 bits per heavy atom. The van der Waals surface area contributed by atoms with E-state index >= 15 is 0 Å². The highest BCUT2D eigenvalue weighted by Crippen LogP contribution is 2.22. The Morgan fingerprint density at radius 1 is 1.29 bits per heavy atom. The molecule has 0 aromatic heterocycles. The summed E-state index contributed by atoms with van der Waals surface area (Å²) >= 11 is 0. The SMILES string of the molecule is CC(C)[C@H](N)CN1CC[C@H](C)[C@@H](C)C1. The molecule has 1 aliphatic heterocycles. The molecule has 2 nitrogen and oxygen atoms in total. The molecule has 2 N–H and O–H groups in total. The van der Waals surface area contributed by atoms with Crippen molar-refractivity contribution < 1.29 is 0 Å². The average Bonchev–Trinajstić information content (AvgIpc) is 2.11. The minimum Gasteiger partial charge on any atom is -0.326 e. The van der Waals surface area contributed by atoms with Gasteiger partial charge in [-0.2, -0.15) is 0 Å². The number of rotatable bonds is 3. The van der Waals surface area contributed by atoms with Crippen molar-refractivity contribution in [2.75, 3.05) is 19.6 Å². The van der Waals surface area contributed by atoms with Gasteiger partial charge in [0, 0.05) is 19.1 Å². The molecule has 0 saturated carbocycles. The van der Waals surface area contributed by atoms with Crippen LogP contribution in [-0.4, -0.2) is 30.6 Å². The minimum absolute atomic E-state index is 0.343. The van der Waals surface area contributed by atoms with Gasteiger partial charge in [0.05, 0.1) is 0 Å². The fourth-order valence-corrected chi connectivity index (χ4v) is 2.02. The third kappa shape index (κ3) is 3.25. The zero-order valence-electron chi connectivity index (χ0n) is 10.2. The van der Waals surface area contributed by atoms with Gasteiger partial charge in [-0.25, -0.2) is 0 Å². The van der Waals surface area contributed by atoms with Gasteiger partial charge < -0.3 is 10.6 Å². The molecule has 1 fully saturated rings. The maximum absolute atomic E-state index is 6.09. The molecule has 0 bridgehead atoms. The molecule has 0 unspecified atom stereocenters. The van der Waals surface area contributed by atoms with Crippen LogP contribution in [0.4, 0.5) is 0 Å². The normalized spacial score (nSPS) is 32.1. The number of hydrogen-bond acceptors (Lipinski definition) is 2. The van der Waals surface area contributed by atoms with Crippen LogP contribution in [0.2, 0.25) is 0 Å². The van der Waals surface area contributed by atoms with Crippen molar-refractivity contribution in [2.24, 2.45) is 23.5 Å². The van der Waals surface area contributed by atoms with Crippen molar-refractivity contribution in [3.8, 4) is 0 Å². The predicted octanol–water partition coefficient (Wildman–Crippen LogP) is 1.95. The van der Waals surface area contributed by atoms with E-state index < -0.39 is 0 Å². The monoisotopic (exact) mass is 198 g/mol. The van der Waals surface area contributed by atoms with E-state index in [0.717, 1.165) is 18.4 Å². The quantitative estimate of drug-likeness (QED) is 0.751. The van der Waals surface area contributed by atoms with E-state index in [9.17, 15) is 0 Å². The molecule has 0 radical (unpaired) electrons. The molecular weight excluding hydrogens is 172 g/mol. The maximum atomic E-state index is 6.09. The van der Waals surface area contributed by atoms with Crippen molar-refractivity contribution in [3.63, 3.8) is 0 Å². The topological polar surface area (TPSA) is 29.3 Å². The first kappa shape index (κ1) is 12.0. The third-order valence-corrected chi connectivity index (χ3v) is 3.74. The molecule has 2 heteroatoms. The van der Waals surface area contributed by atoms with E-state index in [0.29, 0.717) is 12.0 Å². The smallest absolute Gasteiger partial charge is 0.0191 e. The van der Waals surface area contributed by atoms with Crippen molar-refractivity contribution in [2.45, 2.75) is 40.2 Å². The Bertz CT molecular complexity index is 168. The molecule has 1 saturated heterocycles. The second-order valence-electron chi connectivity index (χ2n) is 5.41. The second-order valence-corrected chi connectivity index (χ2v) is 5.41. The van der Waals surface area contributed by atoms with Gasteiger partial charge in [0.25, 0.3) is 0 Å². The molecule has 14 heavy (non-hydrogen) atoms. The van der Waals surface area contributed by atoms with Gasteiger partial charge in [0.1, 0.15) is 0 Å². The molecule has 1 rings (SSSR count). The molecule has 1 aliphatic rings. The lowest BCUT2D eigenvalue weighted by molar-refractivity contribution is 0.126. The lowest BCUT2D eigenvalue weighted by Crippen LogP contribution is -2.46. The van der Waals surface area contributed by atoms with Crippen LogP contribution < -0.4 is 5.73 Å². The minimum atomic E-state index is 0.343. The van der Waals surface area contributed by atoms with Gasteiger partial charge in [0.15, 0.2) is 0 Å². The number of likely N-dealkylation sites (tertiary alicyclic amines) is 1. The van der Waals surface area contributed by atoms with E-state index in [1.54, 1.807) is 0 Å². The highest BCUT2D eigenvalue weighted by atomic mass is 15.1. The van der Waals surface area contributed by atoms with Crippen LogP contribution in [-0.2, 0) is 0 Å². The number of nitrogens with two attached hydrogens (primary N) is 1. The highest BCUT2D eigenvalue weighted by molar-refractivity contribution is 4.79. The lowest BCUT2D eigenvalue weighted by atomic mass is 9.88. The van der Waals surface area contributed by atoms with Crippen molar-refractivity contribution >= 4 is 0 Å². The second kappa shape index (κ2) is 5.13. The third-order valence-electron chi connectivity index (χ3n) is 3.74. The Labute approximate surface area is 88.8 Å². The zero-order valence-corrected chi connectivity index (χ0v) is 10.2. The van der Waals surface area contributed by atoms with Crippen LogP contribution in [0, 0.1) is 17.8 Å². The van der Waals surface area contributed by atoms with Crippen LogP contribution in [0.1, 0.15) is 34.1 Å². The van der Waals surface area contributed by atoms with E-state index in [2.05, 4.69) is 32.6 Å². The van der Waals surface area contributed by atoms with Gasteiger partial charge in [-0.3, -0.25) is 0 Å². The Hall–Kier alpha value is -0.0800. The molecule has 1 heterocycles.